The number of carbonyl (C=O) groups is 2. The number of fused-ring (bicyclic) bond motifs is 1. The molecule has 0 saturated carbocycles. The average Bonchev–Trinajstić information content (AvgIpc) is 2.60. The molecule has 0 fully saturated rings. The molecule has 0 unspecified atom stereocenters. The minimum atomic E-state index is -0.108. The third kappa shape index (κ3) is 4.27. The molecule has 4 nitrogen and oxygen atoms in total. The third-order valence-corrected chi connectivity index (χ3v) is 5.68. The molecule has 0 bridgehead atoms. The van der Waals surface area contributed by atoms with Gasteiger partial charge in [0.2, 0.25) is 5.91 Å². The van der Waals surface area contributed by atoms with Gasteiger partial charge in [-0.15, -0.1) is 0 Å². The second-order valence-corrected chi connectivity index (χ2v) is 7.46. The highest BCUT2D eigenvalue weighted by Gasteiger charge is 2.14. The maximum atomic E-state index is 12.1. The Morgan fingerprint density at radius 2 is 2.04 bits per heavy atom. The van der Waals surface area contributed by atoms with E-state index in [1.807, 2.05) is 18.2 Å². The van der Waals surface area contributed by atoms with Crippen molar-refractivity contribution >= 4 is 51.0 Å². The molecule has 0 aliphatic carbocycles. The van der Waals surface area contributed by atoms with Crippen LogP contribution in [0.15, 0.2) is 53.5 Å². The van der Waals surface area contributed by atoms with Crippen LogP contribution in [0.3, 0.4) is 0 Å². The van der Waals surface area contributed by atoms with Crippen molar-refractivity contribution in [3.05, 3.63) is 59.7 Å². The van der Waals surface area contributed by atoms with Gasteiger partial charge in [-0.3, -0.25) is 9.59 Å². The summed E-state index contributed by atoms with van der Waals surface area (Å²) in [5, 5.41) is 2.82. The van der Waals surface area contributed by atoms with Gasteiger partial charge < -0.3 is 5.32 Å². The van der Waals surface area contributed by atoms with Crippen LogP contribution in [0.5, 0.6) is 0 Å². The Morgan fingerprint density at radius 3 is 2.88 bits per heavy atom. The summed E-state index contributed by atoms with van der Waals surface area (Å²) in [7, 11) is 0. The highest BCUT2D eigenvalue weighted by molar-refractivity contribution is 8.38. The Labute approximate surface area is 149 Å². The summed E-state index contributed by atoms with van der Waals surface area (Å²) in [6, 6.07) is 15.0. The number of thioether (sulfide) groups is 2. The molecular weight excluding hydrogens is 340 g/mol. The lowest BCUT2D eigenvalue weighted by atomic mass is 10.1. The first kappa shape index (κ1) is 16.8. The average molecular weight is 356 g/mol. The number of hydrogen-bond donors (Lipinski definition) is 1. The molecule has 1 amide bonds. The molecule has 1 aliphatic rings. The minimum absolute atomic E-state index is 0.0212. The van der Waals surface area contributed by atoms with Crippen LogP contribution in [0.1, 0.15) is 22.8 Å². The number of nitrogens with one attached hydrogen (secondary N) is 1. The molecule has 0 spiro atoms. The van der Waals surface area contributed by atoms with Crippen molar-refractivity contribution in [3.8, 4) is 0 Å². The second-order valence-electron chi connectivity index (χ2n) is 5.27. The summed E-state index contributed by atoms with van der Waals surface area (Å²) in [6.45, 7) is 1.51. The van der Waals surface area contributed by atoms with E-state index in [1.54, 1.807) is 36.0 Å². The fraction of sp³-hybridized carbons (Fsp3) is 0.167. The topological polar surface area (TPSA) is 58.5 Å². The van der Waals surface area contributed by atoms with Crippen LogP contribution in [-0.4, -0.2) is 21.8 Å². The highest BCUT2D eigenvalue weighted by Crippen LogP contribution is 2.34. The molecule has 0 saturated heterocycles. The van der Waals surface area contributed by atoms with Crippen LogP contribution in [0.4, 0.5) is 11.4 Å². The van der Waals surface area contributed by atoms with Crippen molar-refractivity contribution in [1.82, 2.24) is 0 Å². The molecule has 3 rings (SSSR count). The monoisotopic (exact) mass is 356 g/mol. The Bertz CT molecular complexity index is 818. The molecule has 6 heteroatoms. The lowest BCUT2D eigenvalue weighted by Gasteiger charge is -2.14. The number of carbonyl (C=O) groups excluding carboxylic acids is 2. The molecule has 24 heavy (non-hydrogen) atoms. The van der Waals surface area contributed by atoms with Crippen LogP contribution in [0.25, 0.3) is 0 Å². The molecule has 1 aliphatic heterocycles. The summed E-state index contributed by atoms with van der Waals surface area (Å²) in [5.74, 6) is 1.04. The largest absolute Gasteiger partial charge is 0.325 e. The maximum absolute atomic E-state index is 12.1. The zero-order valence-corrected chi connectivity index (χ0v) is 14.7. The number of nitrogens with zero attached hydrogens (tertiary/aromatic N) is 1. The summed E-state index contributed by atoms with van der Waals surface area (Å²) in [4.78, 5) is 28.1. The van der Waals surface area contributed by atoms with Crippen LogP contribution in [0, 0.1) is 0 Å². The van der Waals surface area contributed by atoms with Crippen LogP contribution in [-0.2, 0) is 10.5 Å². The Morgan fingerprint density at radius 1 is 1.21 bits per heavy atom. The number of hydrogen-bond acceptors (Lipinski definition) is 5. The number of aliphatic imine (C=N–C) groups is 1. The lowest BCUT2D eigenvalue weighted by Crippen LogP contribution is -2.15. The van der Waals surface area contributed by atoms with E-state index in [9.17, 15) is 9.59 Å². The van der Waals surface area contributed by atoms with Crippen molar-refractivity contribution in [2.45, 2.75) is 12.7 Å². The minimum Gasteiger partial charge on any atom is -0.325 e. The fourth-order valence-corrected chi connectivity index (χ4v) is 4.09. The molecule has 2 aromatic rings. The molecule has 1 heterocycles. The van der Waals surface area contributed by atoms with Gasteiger partial charge in [-0.05, 0) is 30.7 Å². The van der Waals surface area contributed by atoms with Crippen LogP contribution >= 0.6 is 23.5 Å². The number of anilines is 1. The maximum Gasteiger partial charge on any atom is 0.234 e. The summed E-state index contributed by atoms with van der Waals surface area (Å²) in [5.41, 5.74) is 3.42. The normalized spacial score (nSPS) is 13.0. The van der Waals surface area contributed by atoms with Gasteiger partial charge in [0, 0.05) is 17.0 Å². The van der Waals surface area contributed by atoms with Crippen LogP contribution < -0.4 is 5.32 Å². The number of amides is 1. The lowest BCUT2D eigenvalue weighted by molar-refractivity contribution is -0.113. The smallest absolute Gasteiger partial charge is 0.234 e. The molecule has 0 radical (unpaired) electrons. The summed E-state index contributed by atoms with van der Waals surface area (Å²) in [6.07, 6.45) is 0. The van der Waals surface area contributed by atoms with E-state index in [0.29, 0.717) is 11.3 Å². The number of Topliss-reactive ketones (excluding diaryl/α,β-unsaturated/α-hetero) is 1. The van der Waals surface area contributed by atoms with Crippen molar-refractivity contribution in [3.63, 3.8) is 0 Å². The Kier molecular flexibility index (Phi) is 5.37. The van der Waals surface area contributed by atoms with Gasteiger partial charge in [-0.1, -0.05) is 53.9 Å². The second kappa shape index (κ2) is 7.68. The van der Waals surface area contributed by atoms with Crippen molar-refractivity contribution in [2.75, 3.05) is 11.1 Å². The molecule has 2 aromatic carbocycles. The van der Waals surface area contributed by atoms with E-state index >= 15 is 0 Å². The molecule has 0 aromatic heterocycles. The first-order valence-electron chi connectivity index (χ1n) is 7.45. The Balaban J connectivity index is 1.58. The van der Waals surface area contributed by atoms with E-state index in [2.05, 4.69) is 16.4 Å². The van der Waals surface area contributed by atoms with Gasteiger partial charge in [0.05, 0.1) is 11.4 Å². The van der Waals surface area contributed by atoms with Gasteiger partial charge in [0.15, 0.2) is 5.78 Å². The molecular formula is C18H16N2O2S2. The van der Waals surface area contributed by atoms with Crippen molar-refractivity contribution < 1.29 is 9.59 Å². The van der Waals surface area contributed by atoms with Gasteiger partial charge in [-0.2, -0.15) is 0 Å². The van der Waals surface area contributed by atoms with Gasteiger partial charge >= 0.3 is 0 Å². The number of benzene rings is 2. The first-order valence-corrected chi connectivity index (χ1v) is 9.42. The zero-order chi connectivity index (χ0) is 16.9. The highest BCUT2D eigenvalue weighted by atomic mass is 32.2. The predicted octanol–water partition coefficient (Wildman–Crippen LogP) is 4.50. The van der Waals surface area contributed by atoms with Gasteiger partial charge in [-0.25, -0.2) is 4.99 Å². The van der Waals surface area contributed by atoms with Gasteiger partial charge in [0.1, 0.15) is 4.38 Å². The number of rotatable bonds is 4. The predicted molar refractivity (Wildman–Crippen MR) is 102 cm³/mol. The van der Waals surface area contributed by atoms with Crippen molar-refractivity contribution in [2.24, 2.45) is 4.99 Å². The zero-order valence-electron chi connectivity index (χ0n) is 13.1. The standard InChI is InChI=1S/C18H16N2O2S2/c1-12(21)13-6-4-7-15(9-13)19-17(22)11-24-18-20-16-8-3-2-5-14(16)10-23-18/h2-9H,10-11H2,1H3,(H,19,22). The van der Waals surface area contributed by atoms with E-state index in [1.165, 1.54) is 24.2 Å². The van der Waals surface area contributed by atoms with Gasteiger partial charge in [0.25, 0.3) is 0 Å². The van der Waals surface area contributed by atoms with E-state index in [-0.39, 0.29) is 17.4 Å². The molecule has 1 N–H and O–H groups in total. The van der Waals surface area contributed by atoms with E-state index in [4.69, 9.17) is 0 Å². The SMILES string of the molecule is CC(=O)c1cccc(NC(=O)CSC2=Nc3ccccc3CS2)c1. The third-order valence-electron chi connectivity index (χ3n) is 3.43. The summed E-state index contributed by atoms with van der Waals surface area (Å²) >= 11 is 3.08. The quantitative estimate of drug-likeness (QED) is 0.820. The molecule has 122 valence electrons. The van der Waals surface area contributed by atoms with Crippen LogP contribution in [0.2, 0.25) is 0 Å². The van der Waals surface area contributed by atoms with E-state index in [0.717, 1.165) is 15.8 Å². The number of ketones is 1. The molecule has 0 atom stereocenters. The van der Waals surface area contributed by atoms with E-state index < -0.39 is 0 Å². The van der Waals surface area contributed by atoms with Crippen molar-refractivity contribution in [1.29, 1.82) is 0 Å². The Hall–Kier alpha value is -2.05. The first-order chi connectivity index (χ1) is 11.6. The number of para-hydroxylation sites is 1. The summed E-state index contributed by atoms with van der Waals surface area (Å²) < 4.78 is 0.904. The fourth-order valence-electron chi connectivity index (χ4n) is 2.23.